The largest absolute Gasteiger partial charge is 0.316 e. The predicted octanol–water partition coefficient (Wildman–Crippen LogP) is 4.48. The van der Waals surface area contributed by atoms with Gasteiger partial charge in [-0.3, -0.25) is 0 Å². The average Bonchev–Trinajstić information content (AvgIpc) is 2.35. The highest BCUT2D eigenvalue weighted by molar-refractivity contribution is 9.10. The Kier molecular flexibility index (Phi) is 5.24. The zero-order valence-corrected chi connectivity index (χ0v) is 13.8. The molecule has 2 rings (SSSR count). The number of pyridine rings is 1. The summed E-state index contributed by atoms with van der Waals surface area (Å²) in [6, 6.07) is 10.2. The molecule has 0 atom stereocenters. The maximum atomic E-state index is 4.38. The molecule has 0 bridgehead atoms. The van der Waals surface area contributed by atoms with E-state index in [2.05, 4.69) is 60.4 Å². The summed E-state index contributed by atoms with van der Waals surface area (Å²) in [5.74, 6) is 0. The topological polar surface area (TPSA) is 24.9 Å². The molecule has 0 spiro atoms. The van der Waals surface area contributed by atoms with Crippen LogP contribution >= 0.6 is 43.6 Å². The molecule has 1 aromatic carbocycles. The van der Waals surface area contributed by atoms with E-state index in [9.17, 15) is 0 Å². The first-order valence-electron chi connectivity index (χ1n) is 5.42. The third-order valence-corrected chi connectivity index (χ3v) is 4.85. The highest BCUT2D eigenvalue weighted by Gasteiger charge is 2.08. The molecule has 0 aliphatic rings. The van der Waals surface area contributed by atoms with Gasteiger partial charge in [-0.2, -0.15) is 0 Å². The van der Waals surface area contributed by atoms with Crippen LogP contribution in [-0.2, 0) is 6.54 Å². The van der Waals surface area contributed by atoms with Crippen molar-refractivity contribution >= 4 is 43.6 Å². The van der Waals surface area contributed by atoms with Crippen LogP contribution in [0.4, 0.5) is 0 Å². The third kappa shape index (κ3) is 3.57. The molecule has 94 valence electrons. The first-order chi connectivity index (χ1) is 8.70. The van der Waals surface area contributed by atoms with E-state index in [1.807, 2.05) is 25.4 Å². The molecule has 0 fully saturated rings. The van der Waals surface area contributed by atoms with Crippen molar-refractivity contribution in [3.8, 4) is 0 Å². The second-order valence-electron chi connectivity index (χ2n) is 3.67. The van der Waals surface area contributed by atoms with Crippen LogP contribution in [0.2, 0.25) is 0 Å². The molecule has 1 N–H and O–H groups in total. The van der Waals surface area contributed by atoms with E-state index in [1.165, 1.54) is 10.5 Å². The molecule has 0 amide bonds. The van der Waals surface area contributed by atoms with Gasteiger partial charge in [0.25, 0.3) is 0 Å². The highest BCUT2D eigenvalue weighted by atomic mass is 79.9. The van der Waals surface area contributed by atoms with E-state index < -0.39 is 0 Å². The van der Waals surface area contributed by atoms with E-state index >= 15 is 0 Å². The fourth-order valence-corrected chi connectivity index (χ4v) is 3.32. The zero-order chi connectivity index (χ0) is 13.0. The standard InChI is InChI=1S/C13H12Br2N2S/c1-16-8-9-7-10(14)4-5-12(9)18-13-11(15)3-2-6-17-13/h2-7,16H,8H2,1H3. The SMILES string of the molecule is CNCc1cc(Br)ccc1Sc1ncccc1Br. The number of aromatic nitrogens is 1. The first-order valence-corrected chi connectivity index (χ1v) is 7.82. The number of hydrogen-bond acceptors (Lipinski definition) is 3. The number of nitrogens with one attached hydrogen (secondary N) is 1. The summed E-state index contributed by atoms with van der Waals surface area (Å²) in [5.41, 5.74) is 1.26. The minimum absolute atomic E-state index is 0.840. The molecule has 1 aromatic heterocycles. The summed E-state index contributed by atoms with van der Waals surface area (Å²) in [5, 5.41) is 4.17. The summed E-state index contributed by atoms with van der Waals surface area (Å²) in [6.45, 7) is 0.840. The smallest absolute Gasteiger partial charge is 0.115 e. The second kappa shape index (κ2) is 6.70. The summed E-state index contributed by atoms with van der Waals surface area (Å²) >= 11 is 8.70. The molecule has 18 heavy (non-hydrogen) atoms. The lowest BCUT2D eigenvalue weighted by Gasteiger charge is -2.09. The van der Waals surface area contributed by atoms with Gasteiger partial charge in [-0.1, -0.05) is 27.7 Å². The number of hydrogen-bond donors (Lipinski definition) is 1. The van der Waals surface area contributed by atoms with Crippen LogP contribution in [0.3, 0.4) is 0 Å². The van der Waals surface area contributed by atoms with Gasteiger partial charge in [0.05, 0.1) is 4.47 Å². The quantitative estimate of drug-likeness (QED) is 0.837. The Hall–Kier alpha value is -0.360. The van der Waals surface area contributed by atoms with Crippen LogP contribution in [-0.4, -0.2) is 12.0 Å². The maximum absolute atomic E-state index is 4.38. The van der Waals surface area contributed by atoms with Crippen LogP contribution in [0.5, 0.6) is 0 Å². The molecular weight excluding hydrogens is 376 g/mol. The van der Waals surface area contributed by atoms with Crippen molar-refractivity contribution in [1.29, 1.82) is 0 Å². The van der Waals surface area contributed by atoms with E-state index in [4.69, 9.17) is 0 Å². The second-order valence-corrected chi connectivity index (χ2v) is 6.48. The summed E-state index contributed by atoms with van der Waals surface area (Å²) in [7, 11) is 1.95. The van der Waals surface area contributed by atoms with Gasteiger partial charge in [0, 0.05) is 22.1 Å². The number of benzene rings is 1. The van der Waals surface area contributed by atoms with E-state index in [-0.39, 0.29) is 0 Å². The van der Waals surface area contributed by atoms with Crippen LogP contribution in [0, 0.1) is 0 Å². The van der Waals surface area contributed by atoms with Crippen LogP contribution in [0.15, 0.2) is 55.4 Å². The third-order valence-electron chi connectivity index (χ3n) is 2.32. The van der Waals surface area contributed by atoms with Gasteiger partial charge < -0.3 is 5.32 Å². The molecule has 0 aliphatic heterocycles. The Morgan fingerprint density at radius 3 is 2.83 bits per heavy atom. The monoisotopic (exact) mass is 386 g/mol. The van der Waals surface area contributed by atoms with Crippen molar-refractivity contribution in [2.75, 3.05) is 7.05 Å². The lowest BCUT2D eigenvalue weighted by molar-refractivity contribution is 0.802. The zero-order valence-electron chi connectivity index (χ0n) is 9.78. The van der Waals surface area contributed by atoms with E-state index in [0.29, 0.717) is 0 Å². The Morgan fingerprint density at radius 2 is 2.11 bits per heavy atom. The van der Waals surface area contributed by atoms with Crippen molar-refractivity contribution in [2.45, 2.75) is 16.5 Å². The molecule has 0 radical (unpaired) electrons. The van der Waals surface area contributed by atoms with Gasteiger partial charge in [0.2, 0.25) is 0 Å². The van der Waals surface area contributed by atoms with E-state index in [0.717, 1.165) is 20.5 Å². The van der Waals surface area contributed by atoms with Gasteiger partial charge in [0.15, 0.2) is 0 Å². The Morgan fingerprint density at radius 1 is 1.28 bits per heavy atom. The van der Waals surface area contributed by atoms with Gasteiger partial charge >= 0.3 is 0 Å². The average molecular weight is 388 g/mol. The molecule has 1 heterocycles. The number of halogens is 2. The summed E-state index contributed by atoms with van der Waals surface area (Å²) in [4.78, 5) is 5.60. The minimum Gasteiger partial charge on any atom is -0.316 e. The first kappa shape index (κ1) is 14.1. The van der Waals surface area contributed by atoms with Crippen molar-refractivity contribution in [3.05, 3.63) is 51.0 Å². The molecular formula is C13H12Br2N2S. The molecule has 0 unspecified atom stereocenters. The fraction of sp³-hybridized carbons (Fsp3) is 0.154. The maximum Gasteiger partial charge on any atom is 0.115 e. The fourth-order valence-electron chi connectivity index (χ4n) is 1.53. The highest BCUT2D eigenvalue weighted by Crippen LogP contribution is 2.34. The Labute approximate surface area is 128 Å². The van der Waals surface area contributed by atoms with Crippen molar-refractivity contribution < 1.29 is 0 Å². The van der Waals surface area contributed by atoms with Crippen LogP contribution < -0.4 is 5.32 Å². The molecule has 0 saturated heterocycles. The molecule has 2 aromatic rings. The van der Waals surface area contributed by atoms with Crippen LogP contribution in [0.1, 0.15) is 5.56 Å². The van der Waals surface area contributed by atoms with Crippen LogP contribution in [0.25, 0.3) is 0 Å². The van der Waals surface area contributed by atoms with Gasteiger partial charge in [-0.25, -0.2) is 4.98 Å². The van der Waals surface area contributed by atoms with Gasteiger partial charge in [0.1, 0.15) is 5.03 Å². The van der Waals surface area contributed by atoms with E-state index in [1.54, 1.807) is 11.8 Å². The molecule has 2 nitrogen and oxygen atoms in total. The Balaban J connectivity index is 2.31. The molecule has 0 aliphatic carbocycles. The number of nitrogens with zero attached hydrogens (tertiary/aromatic N) is 1. The Bertz CT molecular complexity index is 546. The summed E-state index contributed by atoms with van der Waals surface area (Å²) in [6.07, 6.45) is 1.81. The lowest BCUT2D eigenvalue weighted by atomic mass is 10.2. The van der Waals surface area contributed by atoms with Gasteiger partial charge in [-0.05, 0) is 58.9 Å². The molecule has 0 saturated carbocycles. The minimum atomic E-state index is 0.840. The number of rotatable bonds is 4. The molecule has 5 heteroatoms. The predicted molar refractivity (Wildman–Crippen MR) is 83.0 cm³/mol. The normalized spacial score (nSPS) is 10.6. The lowest BCUT2D eigenvalue weighted by Crippen LogP contribution is -2.06. The summed E-state index contributed by atoms with van der Waals surface area (Å²) < 4.78 is 2.12. The van der Waals surface area contributed by atoms with Crippen molar-refractivity contribution in [1.82, 2.24) is 10.3 Å². The van der Waals surface area contributed by atoms with Crippen molar-refractivity contribution in [3.63, 3.8) is 0 Å². The van der Waals surface area contributed by atoms with Crippen molar-refractivity contribution in [2.24, 2.45) is 0 Å². The van der Waals surface area contributed by atoms with Gasteiger partial charge in [-0.15, -0.1) is 0 Å².